The van der Waals surface area contributed by atoms with Crippen LogP contribution >= 0.6 is 0 Å². The van der Waals surface area contributed by atoms with Crippen molar-refractivity contribution in [1.29, 1.82) is 0 Å². The van der Waals surface area contributed by atoms with Gasteiger partial charge in [-0.3, -0.25) is 4.68 Å². The Bertz CT molecular complexity index is 452. The number of hydrogen-bond acceptors (Lipinski definition) is 5. The molecule has 78 valence electrons. The Morgan fingerprint density at radius 1 is 1.64 bits per heavy atom. The fourth-order valence-electron chi connectivity index (χ4n) is 1.82. The summed E-state index contributed by atoms with van der Waals surface area (Å²) in [4.78, 5) is 0. The molecule has 7 heteroatoms. The molecule has 2 heterocycles. The normalized spacial score (nSPS) is 30.7. The van der Waals surface area contributed by atoms with Gasteiger partial charge in [0.2, 0.25) is 0 Å². The van der Waals surface area contributed by atoms with Crippen molar-refractivity contribution in [1.82, 2.24) is 15.0 Å². The minimum absolute atomic E-state index is 0.0127. The lowest BCUT2D eigenvalue weighted by molar-refractivity contribution is 0.460. The van der Waals surface area contributed by atoms with E-state index in [1.807, 2.05) is 0 Å². The Kier molecular flexibility index (Phi) is 1.90. The molecule has 0 amide bonds. The molecule has 0 spiro atoms. The van der Waals surface area contributed by atoms with Gasteiger partial charge in [-0.2, -0.15) is 0 Å². The van der Waals surface area contributed by atoms with Gasteiger partial charge >= 0.3 is 0 Å². The molecule has 0 aliphatic carbocycles. The van der Waals surface area contributed by atoms with Crippen molar-refractivity contribution in [2.45, 2.75) is 12.0 Å². The van der Waals surface area contributed by atoms with E-state index >= 15 is 0 Å². The molecule has 1 unspecified atom stereocenters. The lowest BCUT2D eigenvalue weighted by atomic mass is 9.97. The fraction of sp³-hybridized carbons (Fsp3) is 0.714. The van der Waals surface area contributed by atoms with Crippen LogP contribution in [0.3, 0.4) is 0 Å². The van der Waals surface area contributed by atoms with Crippen LogP contribution < -0.4 is 5.73 Å². The van der Waals surface area contributed by atoms with Crippen LogP contribution in [0.1, 0.15) is 12.1 Å². The van der Waals surface area contributed by atoms with Crippen LogP contribution in [-0.4, -0.2) is 34.9 Å². The van der Waals surface area contributed by atoms with Gasteiger partial charge in [0.1, 0.15) is 0 Å². The second-order valence-corrected chi connectivity index (χ2v) is 5.93. The van der Waals surface area contributed by atoms with Crippen molar-refractivity contribution in [2.24, 2.45) is 12.8 Å². The Balaban J connectivity index is 2.41. The summed E-state index contributed by atoms with van der Waals surface area (Å²) in [5, 5.41) is 7.44. The number of rotatable bonds is 1. The maximum atomic E-state index is 11.3. The second-order valence-electron chi connectivity index (χ2n) is 3.74. The molecule has 0 saturated carbocycles. The van der Waals surface area contributed by atoms with Gasteiger partial charge in [0.25, 0.3) is 0 Å². The van der Waals surface area contributed by atoms with Crippen LogP contribution in [0.5, 0.6) is 0 Å². The van der Waals surface area contributed by atoms with E-state index in [1.165, 1.54) is 10.9 Å². The van der Waals surface area contributed by atoms with Gasteiger partial charge in [0.15, 0.2) is 9.84 Å². The summed E-state index contributed by atoms with van der Waals surface area (Å²) in [5.74, 6) is 0.135. The van der Waals surface area contributed by atoms with Crippen molar-refractivity contribution in [3.8, 4) is 0 Å². The summed E-state index contributed by atoms with van der Waals surface area (Å²) < 4.78 is 24.2. The monoisotopic (exact) mass is 216 g/mol. The summed E-state index contributed by atoms with van der Waals surface area (Å²) in [6.07, 6.45) is 1.97. The van der Waals surface area contributed by atoms with Crippen LogP contribution in [0.2, 0.25) is 0 Å². The number of aryl methyl sites for hydroxylation is 1. The standard InChI is InChI=1S/C7H12N4O2S/c1-11-6(4-9-10-11)7(8)2-3-14(12,13)5-7/h4H,2-3,5,8H2,1H3. The zero-order chi connectivity index (χ0) is 10.4. The van der Waals surface area contributed by atoms with E-state index in [0.717, 1.165) is 0 Å². The molecule has 0 radical (unpaired) electrons. The van der Waals surface area contributed by atoms with E-state index in [-0.39, 0.29) is 11.5 Å². The summed E-state index contributed by atoms with van der Waals surface area (Å²) in [5.41, 5.74) is 5.89. The van der Waals surface area contributed by atoms with Crippen molar-refractivity contribution >= 4 is 9.84 Å². The molecule has 1 aromatic rings. The van der Waals surface area contributed by atoms with Crippen molar-refractivity contribution < 1.29 is 8.42 Å². The highest BCUT2D eigenvalue weighted by Gasteiger charge is 2.42. The first kappa shape index (κ1) is 9.60. The lowest BCUT2D eigenvalue weighted by Crippen LogP contribution is -2.39. The summed E-state index contributed by atoms with van der Waals surface area (Å²) in [6, 6.07) is 0. The predicted octanol–water partition coefficient (Wildman–Crippen LogP) is -1.21. The number of hydrogen-bond donors (Lipinski definition) is 1. The van der Waals surface area contributed by atoms with Gasteiger partial charge in [-0.05, 0) is 6.42 Å². The van der Waals surface area contributed by atoms with Gasteiger partial charge in [-0.1, -0.05) is 5.21 Å². The maximum absolute atomic E-state index is 11.3. The smallest absolute Gasteiger partial charge is 0.152 e. The van der Waals surface area contributed by atoms with Crippen LogP contribution in [0, 0.1) is 0 Å². The zero-order valence-electron chi connectivity index (χ0n) is 7.84. The average Bonchev–Trinajstić information content (AvgIpc) is 2.57. The van der Waals surface area contributed by atoms with E-state index in [9.17, 15) is 8.42 Å². The Morgan fingerprint density at radius 2 is 2.36 bits per heavy atom. The van der Waals surface area contributed by atoms with Crippen molar-refractivity contribution in [3.05, 3.63) is 11.9 Å². The molecule has 0 bridgehead atoms. The van der Waals surface area contributed by atoms with Gasteiger partial charge in [0, 0.05) is 7.05 Å². The Labute approximate surface area is 82.0 Å². The van der Waals surface area contributed by atoms with E-state index in [0.29, 0.717) is 12.1 Å². The number of sulfone groups is 1. The molecule has 1 fully saturated rings. The summed E-state index contributed by atoms with van der Waals surface area (Å²) >= 11 is 0. The molecule has 1 atom stereocenters. The third-order valence-corrected chi connectivity index (χ3v) is 4.34. The molecular formula is C7H12N4O2S. The number of aromatic nitrogens is 3. The van der Waals surface area contributed by atoms with Crippen LogP contribution in [0.4, 0.5) is 0 Å². The first-order valence-corrected chi connectivity index (χ1v) is 6.10. The van der Waals surface area contributed by atoms with E-state index in [4.69, 9.17) is 5.73 Å². The quantitative estimate of drug-likeness (QED) is 0.636. The van der Waals surface area contributed by atoms with E-state index in [2.05, 4.69) is 10.3 Å². The van der Waals surface area contributed by atoms with Crippen molar-refractivity contribution in [3.63, 3.8) is 0 Å². The summed E-state index contributed by atoms with van der Waals surface area (Å²) in [6.45, 7) is 0. The Hall–Kier alpha value is -0.950. The highest BCUT2D eigenvalue weighted by Crippen LogP contribution is 2.29. The molecule has 1 aliphatic rings. The first-order valence-electron chi connectivity index (χ1n) is 4.27. The third-order valence-electron chi connectivity index (χ3n) is 2.56. The second kappa shape index (κ2) is 2.77. The van der Waals surface area contributed by atoms with E-state index < -0.39 is 15.4 Å². The minimum atomic E-state index is -2.99. The Morgan fingerprint density at radius 3 is 2.79 bits per heavy atom. The van der Waals surface area contributed by atoms with E-state index in [1.54, 1.807) is 7.05 Å². The van der Waals surface area contributed by atoms with Gasteiger partial charge < -0.3 is 5.73 Å². The van der Waals surface area contributed by atoms with Gasteiger partial charge in [-0.15, -0.1) is 5.10 Å². The lowest BCUT2D eigenvalue weighted by Gasteiger charge is -2.20. The molecule has 2 rings (SSSR count). The van der Waals surface area contributed by atoms with Crippen LogP contribution in [-0.2, 0) is 22.4 Å². The molecule has 1 aliphatic heterocycles. The summed E-state index contributed by atoms with van der Waals surface area (Å²) in [7, 11) is -1.28. The molecule has 14 heavy (non-hydrogen) atoms. The van der Waals surface area contributed by atoms with Gasteiger partial charge in [0.05, 0.1) is 28.9 Å². The molecule has 1 saturated heterocycles. The zero-order valence-corrected chi connectivity index (χ0v) is 8.66. The number of nitrogens with two attached hydrogens (primary N) is 1. The predicted molar refractivity (Wildman–Crippen MR) is 50.1 cm³/mol. The SMILES string of the molecule is Cn1nncc1C1(N)CCS(=O)(=O)C1. The molecule has 0 aromatic carbocycles. The molecule has 6 nitrogen and oxygen atoms in total. The molecule has 2 N–H and O–H groups in total. The minimum Gasteiger partial charge on any atom is -0.319 e. The molecular weight excluding hydrogens is 204 g/mol. The van der Waals surface area contributed by atoms with Crippen LogP contribution in [0.15, 0.2) is 6.20 Å². The average molecular weight is 216 g/mol. The molecule has 1 aromatic heterocycles. The van der Waals surface area contributed by atoms with Gasteiger partial charge in [-0.25, -0.2) is 8.42 Å². The highest BCUT2D eigenvalue weighted by molar-refractivity contribution is 7.91. The third kappa shape index (κ3) is 1.42. The van der Waals surface area contributed by atoms with Crippen LogP contribution in [0.25, 0.3) is 0 Å². The highest BCUT2D eigenvalue weighted by atomic mass is 32.2. The topological polar surface area (TPSA) is 90.9 Å². The van der Waals surface area contributed by atoms with Crippen molar-refractivity contribution in [2.75, 3.05) is 11.5 Å². The fourth-order valence-corrected chi connectivity index (χ4v) is 3.71. The largest absolute Gasteiger partial charge is 0.319 e. The first-order chi connectivity index (χ1) is 6.43. The number of nitrogens with zero attached hydrogens (tertiary/aromatic N) is 3. The maximum Gasteiger partial charge on any atom is 0.152 e.